The van der Waals surface area contributed by atoms with Crippen LogP contribution in [0.15, 0.2) is 41.8 Å². The van der Waals surface area contributed by atoms with Crippen LogP contribution in [-0.2, 0) is 0 Å². The number of hydrogen-bond acceptors (Lipinski definition) is 3. The van der Waals surface area contributed by atoms with Gasteiger partial charge < -0.3 is 5.11 Å². The number of nitrogens with zero attached hydrogens (tertiary/aromatic N) is 1. The summed E-state index contributed by atoms with van der Waals surface area (Å²) in [5.74, 6) is 0. The average Bonchev–Trinajstić information content (AvgIpc) is 2.82. The Bertz CT molecular complexity index is 467. The van der Waals surface area contributed by atoms with Crippen molar-refractivity contribution in [3.63, 3.8) is 0 Å². The molecule has 1 aromatic carbocycles. The maximum Gasteiger partial charge on any atom is 0.113 e. The van der Waals surface area contributed by atoms with E-state index in [9.17, 15) is 5.11 Å². The SMILES string of the molecule is N#Cc1ccc([C@@H](O)c2cccs2)cc1. The number of nitriles is 1. The van der Waals surface area contributed by atoms with E-state index in [1.54, 1.807) is 24.3 Å². The molecule has 15 heavy (non-hydrogen) atoms. The third-order valence-electron chi connectivity index (χ3n) is 2.17. The molecule has 0 aliphatic rings. The molecule has 0 radical (unpaired) electrons. The Morgan fingerprint density at radius 2 is 1.93 bits per heavy atom. The van der Waals surface area contributed by atoms with Crippen LogP contribution >= 0.6 is 11.3 Å². The Morgan fingerprint density at radius 3 is 2.47 bits per heavy atom. The highest BCUT2D eigenvalue weighted by Gasteiger charge is 2.10. The summed E-state index contributed by atoms with van der Waals surface area (Å²) in [7, 11) is 0. The van der Waals surface area contributed by atoms with Gasteiger partial charge in [0.1, 0.15) is 6.10 Å². The van der Waals surface area contributed by atoms with Crippen LogP contribution in [0.4, 0.5) is 0 Å². The van der Waals surface area contributed by atoms with Gasteiger partial charge in [0.15, 0.2) is 0 Å². The number of benzene rings is 1. The molecule has 0 saturated carbocycles. The standard InChI is InChI=1S/C12H9NOS/c13-8-9-3-5-10(6-4-9)12(14)11-2-1-7-15-11/h1-7,12,14H/t12-/m1/s1. The monoisotopic (exact) mass is 215 g/mol. The Labute approximate surface area is 92.0 Å². The molecule has 0 spiro atoms. The lowest BCUT2D eigenvalue weighted by molar-refractivity contribution is 0.224. The van der Waals surface area contributed by atoms with Gasteiger partial charge in [-0.3, -0.25) is 0 Å². The van der Waals surface area contributed by atoms with Gasteiger partial charge in [-0.1, -0.05) is 18.2 Å². The molecule has 0 aliphatic heterocycles. The Hall–Kier alpha value is -1.63. The lowest BCUT2D eigenvalue weighted by Gasteiger charge is -2.08. The van der Waals surface area contributed by atoms with Gasteiger partial charge in [0, 0.05) is 4.88 Å². The van der Waals surface area contributed by atoms with E-state index in [0.717, 1.165) is 10.4 Å². The first-order chi connectivity index (χ1) is 7.31. The van der Waals surface area contributed by atoms with E-state index in [1.165, 1.54) is 11.3 Å². The van der Waals surface area contributed by atoms with Crippen molar-refractivity contribution in [1.82, 2.24) is 0 Å². The van der Waals surface area contributed by atoms with Crippen LogP contribution in [0.2, 0.25) is 0 Å². The molecule has 0 bridgehead atoms. The van der Waals surface area contributed by atoms with E-state index in [2.05, 4.69) is 0 Å². The molecule has 1 heterocycles. The summed E-state index contributed by atoms with van der Waals surface area (Å²) >= 11 is 1.52. The zero-order chi connectivity index (χ0) is 10.7. The largest absolute Gasteiger partial charge is 0.383 e. The number of aliphatic hydroxyl groups is 1. The summed E-state index contributed by atoms with van der Waals surface area (Å²) in [5, 5.41) is 20.5. The molecule has 74 valence electrons. The van der Waals surface area contributed by atoms with Crippen LogP contribution in [-0.4, -0.2) is 5.11 Å². The summed E-state index contributed by atoms with van der Waals surface area (Å²) in [6.45, 7) is 0. The highest BCUT2D eigenvalue weighted by molar-refractivity contribution is 7.10. The molecular formula is C12H9NOS. The lowest BCUT2D eigenvalue weighted by atomic mass is 10.1. The number of rotatable bonds is 2. The molecule has 1 atom stereocenters. The van der Waals surface area contributed by atoms with Crippen molar-refractivity contribution >= 4 is 11.3 Å². The van der Waals surface area contributed by atoms with Crippen molar-refractivity contribution in [2.45, 2.75) is 6.10 Å². The first-order valence-electron chi connectivity index (χ1n) is 4.53. The summed E-state index contributed by atoms with van der Waals surface area (Å²) in [6.07, 6.45) is -0.585. The Balaban J connectivity index is 2.27. The molecule has 0 aliphatic carbocycles. The number of hydrogen-bond donors (Lipinski definition) is 1. The molecule has 0 unspecified atom stereocenters. The van der Waals surface area contributed by atoms with Gasteiger partial charge in [-0.25, -0.2) is 0 Å². The van der Waals surface area contributed by atoms with Gasteiger partial charge >= 0.3 is 0 Å². The lowest BCUT2D eigenvalue weighted by Crippen LogP contribution is -1.96. The summed E-state index contributed by atoms with van der Waals surface area (Å²) in [6, 6.07) is 12.8. The van der Waals surface area contributed by atoms with Crippen LogP contribution in [0, 0.1) is 11.3 Å². The van der Waals surface area contributed by atoms with E-state index >= 15 is 0 Å². The predicted octanol–water partition coefficient (Wildman–Crippen LogP) is 2.70. The molecule has 3 heteroatoms. The van der Waals surface area contributed by atoms with Crippen molar-refractivity contribution in [2.24, 2.45) is 0 Å². The molecule has 0 saturated heterocycles. The van der Waals surface area contributed by atoms with Gasteiger partial charge in [0.25, 0.3) is 0 Å². The topological polar surface area (TPSA) is 44.0 Å². The van der Waals surface area contributed by atoms with Crippen LogP contribution in [0.3, 0.4) is 0 Å². The smallest absolute Gasteiger partial charge is 0.113 e. The fourth-order valence-corrected chi connectivity index (χ4v) is 2.09. The highest BCUT2D eigenvalue weighted by Crippen LogP contribution is 2.25. The molecular weight excluding hydrogens is 206 g/mol. The Kier molecular flexibility index (Phi) is 2.82. The molecule has 1 aromatic heterocycles. The van der Waals surface area contributed by atoms with E-state index in [-0.39, 0.29) is 0 Å². The fraction of sp³-hybridized carbons (Fsp3) is 0.0833. The zero-order valence-corrected chi connectivity index (χ0v) is 8.74. The maximum absolute atomic E-state index is 9.97. The van der Waals surface area contributed by atoms with Crippen LogP contribution in [0.1, 0.15) is 22.1 Å². The summed E-state index contributed by atoms with van der Waals surface area (Å²) in [5.41, 5.74) is 1.42. The van der Waals surface area contributed by atoms with Crippen molar-refractivity contribution < 1.29 is 5.11 Å². The van der Waals surface area contributed by atoms with Crippen LogP contribution < -0.4 is 0 Å². The molecule has 2 nitrogen and oxygen atoms in total. The minimum absolute atomic E-state index is 0.585. The van der Waals surface area contributed by atoms with Crippen LogP contribution in [0.25, 0.3) is 0 Å². The molecule has 1 N–H and O–H groups in total. The second-order valence-corrected chi connectivity index (χ2v) is 4.13. The molecule has 2 rings (SSSR count). The van der Waals surface area contributed by atoms with E-state index in [4.69, 9.17) is 5.26 Å². The third kappa shape index (κ3) is 2.07. The predicted molar refractivity (Wildman–Crippen MR) is 59.5 cm³/mol. The fourth-order valence-electron chi connectivity index (χ4n) is 1.35. The van der Waals surface area contributed by atoms with E-state index in [0.29, 0.717) is 5.56 Å². The van der Waals surface area contributed by atoms with Crippen molar-refractivity contribution in [3.8, 4) is 6.07 Å². The minimum atomic E-state index is -0.585. The average molecular weight is 215 g/mol. The Morgan fingerprint density at radius 1 is 1.20 bits per heavy atom. The van der Waals surface area contributed by atoms with E-state index < -0.39 is 6.10 Å². The van der Waals surface area contributed by atoms with Crippen LogP contribution in [0.5, 0.6) is 0 Å². The normalized spacial score (nSPS) is 12.0. The van der Waals surface area contributed by atoms with Gasteiger partial charge in [0.2, 0.25) is 0 Å². The minimum Gasteiger partial charge on any atom is -0.383 e. The zero-order valence-electron chi connectivity index (χ0n) is 7.92. The maximum atomic E-state index is 9.97. The first-order valence-corrected chi connectivity index (χ1v) is 5.41. The quantitative estimate of drug-likeness (QED) is 0.837. The van der Waals surface area contributed by atoms with Gasteiger partial charge in [-0.15, -0.1) is 11.3 Å². The van der Waals surface area contributed by atoms with Gasteiger partial charge in [-0.2, -0.15) is 5.26 Å². The third-order valence-corrected chi connectivity index (χ3v) is 3.09. The number of thiophene rings is 1. The molecule has 0 amide bonds. The summed E-state index contributed by atoms with van der Waals surface area (Å²) in [4.78, 5) is 0.916. The van der Waals surface area contributed by atoms with Gasteiger partial charge in [-0.05, 0) is 29.1 Å². The van der Waals surface area contributed by atoms with Crippen molar-refractivity contribution in [2.75, 3.05) is 0 Å². The van der Waals surface area contributed by atoms with Gasteiger partial charge in [0.05, 0.1) is 11.6 Å². The van der Waals surface area contributed by atoms with Crippen molar-refractivity contribution in [3.05, 3.63) is 57.8 Å². The molecule has 2 aromatic rings. The molecule has 0 fully saturated rings. The summed E-state index contributed by atoms with van der Waals surface area (Å²) < 4.78 is 0. The first kappa shape index (κ1) is 9.91. The number of aliphatic hydroxyl groups excluding tert-OH is 1. The van der Waals surface area contributed by atoms with Crippen molar-refractivity contribution in [1.29, 1.82) is 5.26 Å². The highest BCUT2D eigenvalue weighted by atomic mass is 32.1. The second-order valence-electron chi connectivity index (χ2n) is 3.15. The van der Waals surface area contributed by atoms with E-state index in [1.807, 2.05) is 23.6 Å². The second kappa shape index (κ2) is 4.26.